The Bertz CT molecular complexity index is 1170. The fourth-order valence-corrected chi connectivity index (χ4v) is 3.18. The number of aryl methyl sites for hydroxylation is 1. The Kier molecular flexibility index (Phi) is 8.49. The molecule has 1 heterocycles. The number of nitrogens with zero attached hydrogens (tertiary/aromatic N) is 3. The number of ether oxygens (including phenoxy) is 1. The third-order valence-corrected chi connectivity index (χ3v) is 4.94. The first-order valence-electron chi connectivity index (χ1n) is 10.5. The number of unbranched alkanes of at least 4 members (excludes halogenated alkanes) is 1. The molecule has 2 rings (SSSR count). The molecule has 0 saturated heterocycles. The van der Waals surface area contributed by atoms with Gasteiger partial charge in [-0.15, -0.1) is 0 Å². The van der Waals surface area contributed by atoms with Gasteiger partial charge in [0.2, 0.25) is 0 Å². The highest BCUT2D eigenvalue weighted by molar-refractivity contribution is 5.98. The Labute approximate surface area is 189 Å². The first-order valence-corrected chi connectivity index (χ1v) is 10.5. The van der Waals surface area contributed by atoms with Gasteiger partial charge in [0.25, 0.3) is 17.2 Å². The van der Waals surface area contributed by atoms with Crippen molar-refractivity contribution in [3.63, 3.8) is 0 Å². The minimum atomic E-state index is -0.931. The Morgan fingerprint density at radius 1 is 1.24 bits per heavy atom. The number of nitro groups is 1. The van der Waals surface area contributed by atoms with Crippen LogP contribution in [0.25, 0.3) is 0 Å². The summed E-state index contributed by atoms with van der Waals surface area (Å²) in [5.74, 6) is -1.81. The second-order valence-electron chi connectivity index (χ2n) is 7.38. The molecule has 0 unspecified atom stereocenters. The van der Waals surface area contributed by atoms with Crippen molar-refractivity contribution < 1.29 is 19.2 Å². The third-order valence-electron chi connectivity index (χ3n) is 4.94. The van der Waals surface area contributed by atoms with Crippen molar-refractivity contribution >= 4 is 29.1 Å². The first kappa shape index (κ1) is 25.3. The molecule has 1 amide bonds. The minimum absolute atomic E-state index is 0.0888. The highest BCUT2D eigenvalue weighted by Gasteiger charge is 2.25. The van der Waals surface area contributed by atoms with E-state index in [-0.39, 0.29) is 35.8 Å². The number of nitrogens with two attached hydrogens (primary N) is 1. The summed E-state index contributed by atoms with van der Waals surface area (Å²) in [6.07, 6.45) is 1.79. The van der Waals surface area contributed by atoms with Crippen LogP contribution >= 0.6 is 0 Å². The van der Waals surface area contributed by atoms with Gasteiger partial charge in [-0.3, -0.25) is 29.3 Å². The Morgan fingerprint density at radius 3 is 2.55 bits per heavy atom. The number of H-pyrrole nitrogens is 1. The van der Waals surface area contributed by atoms with Crippen LogP contribution in [-0.2, 0) is 16.1 Å². The van der Waals surface area contributed by atoms with Crippen molar-refractivity contribution in [3.8, 4) is 0 Å². The zero-order valence-electron chi connectivity index (χ0n) is 18.8. The Morgan fingerprint density at radius 2 is 1.94 bits per heavy atom. The van der Waals surface area contributed by atoms with E-state index in [9.17, 15) is 29.3 Å². The molecule has 2 aromatic rings. The standard InChI is InChI=1S/C21H27N5O7/c1-4-6-10-24(17-18(22)25(9-5-2)21(30)23-19(17)28)16(27)12-33-20(29)14-8-7-13(3)15(11-14)26(31)32/h7-8,11H,4-6,9-10,12,22H2,1-3H3,(H,23,28,30). The molecule has 0 fully saturated rings. The Hall–Kier alpha value is -3.96. The summed E-state index contributed by atoms with van der Waals surface area (Å²) < 4.78 is 6.22. The number of hydrogen-bond donors (Lipinski definition) is 2. The molecule has 3 N–H and O–H groups in total. The molecule has 0 bridgehead atoms. The molecule has 0 aliphatic carbocycles. The van der Waals surface area contributed by atoms with Crippen LogP contribution in [0.1, 0.15) is 49.0 Å². The summed E-state index contributed by atoms with van der Waals surface area (Å²) in [4.78, 5) is 63.6. The molecule has 0 radical (unpaired) electrons. The number of nitrogens with one attached hydrogen (secondary N) is 1. The summed E-state index contributed by atoms with van der Waals surface area (Å²) >= 11 is 0. The molecule has 0 aliphatic rings. The van der Waals surface area contributed by atoms with E-state index in [1.165, 1.54) is 23.6 Å². The van der Waals surface area contributed by atoms with Gasteiger partial charge in [0.1, 0.15) is 5.82 Å². The van der Waals surface area contributed by atoms with Crippen LogP contribution in [0, 0.1) is 17.0 Å². The predicted molar refractivity (Wildman–Crippen MR) is 121 cm³/mol. The van der Waals surface area contributed by atoms with Crippen LogP contribution in [0.3, 0.4) is 0 Å². The zero-order valence-corrected chi connectivity index (χ0v) is 18.8. The van der Waals surface area contributed by atoms with Gasteiger partial charge in [-0.25, -0.2) is 9.59 Å². The summed E-state index contributed by atoms with van der Waals surface area (Å²) in [5.41, 5.74) is 4.40. The summed E-state index contributed by atoms with van der Waals surface area (Å²) in [7, 11) is 0. The average molecular weight is 461 g/mol. The topological polar surface area (TPSA) is 171 Å². The highest BCUT2D eigenvalue weighted by atomic mass is 16.6. The summed E-state index contributed by atoms with van der Waals surface area (Å²) in [6.45, 7) is 4.87. The lowest BCUT2D eigenvalue weighted by molar-refractivity contribution is -0.385. The van der Waals surface area contributed by atoms with Gasteiger partial charge in [0, 0.05) is 24.7 Å². The highest BCUT2D eigenvalue weighted by Crippen LogP contribution is 2.21. The van der Waals surface area contributed by atoms with Crippen molar-refractivity contribution in [2.75, 3.05) is 23.8 Å². The molecule has 0 saturated carbocycles. The largest absolute Gasteiger partial charge is 0.452 e. The molecule has 1 aromatic carbocycles. The fourth-order valence-electron chi connectivity index (χ4n) is 3.18. The van der Waals surface area contributed by atoms with E-state index in [4.69, 9.17) is 10.5 Å². The molecule has 178 valence electrons. The number of carbonyl (C=O) groups excluding carboxylic acids is 2. The lowest BCUT2D eigenvalue weighted by Crippen LogP contribution is -2.43. The van der Waals surface area contributed by atoms with E-state index in [0.29, 0.717) is 24.8 Å². The number of nitrogen functional groups attached to an aromatic ring is 1. The molecular weight excluding hydrogens is 434 g/mol. The predicted octanol–water partition coefficient (Wildman–Crippen LogP) is 1.74. The monoisotopic (exact) mass is 461 g/mol. The number of benzene rings is 1. The molecule has 12 heteroatoms. The normalized spacial score (nSPS) is 10.6. The first-order chi connectivity index (χ1) is 15.6. The lowest BCUT2D eigenvalue weighted by atomic mass is 10.1. The van der Waals surface area contributed by atoms with Gasteiger partial charge in [0.05, 0.1) is 10.5 Å². The summed E-state index contributed by atoms with van der Waals surface area (Å²) in [6, 6.07) is 3.83. The summed E-state index contributed by atoms with van der Waals surface area (Å²) in [5, 5.41) is 11.1. The van der Waals surface area contributed by atoms with E-state index < -0.39 is 34.7 Å². The van der Waals surface area contributed by atoms with Crippen LogP contribution in [0.5, 0.6) is 0 Å². The van der Waals surface area contributed by atoms with Crippen LogP contribution in [0.2, 0.25) is 0 Å². The second-order valence-corrected chi connectivity index (χ2v) is 7.38. The van der Waals surface area contributed by atoms with Gasteiger partial charge >= 0.3 is 11.7 Å². The van der Waals surface area contributed by atoms with Crippen molar-refractivity contribution in [3.05, 3.63) is 60.3 Å². The van der Waals surface area contributed by atoms with Gasteiger partial charge in [-0.05, 0) is 25.8 Å². The quantitative estimate of drug-likeness (QED) is 0.306. The number of aromatic nitrogens is 2. The molecule has 33 heavy (non-hydrogen) atoms. The van der Waals surface area contributed by atoms with Crippen LogP contribution in [0.15, 0.2) is 27.8 Å². The van der Waals surface area contributed by atoms with E-state index >= 15 is 0 Å². The average Bonchev–Trinajstić information content (AvgIpc) is 2.76. The number of amides is 1. The van der Waals surface area contributed by atoms with Crippen molar-refractivity contribution in [2.24, 2.45) is 0 Å². The molecule has 0 aliphatic heterocycles. The van der Waals surface area contributed by atoms with Crippen molar-refractivity contribution in [1.29, 1.82) is 0 Å². The maximum atomic E-state index is 12.9. The van der Waals surface area contributed by atoms with Crippen molar-refractivity contribution in [1.82, 2.24) is 9.55 Å². The molecule has 12 nitrogen and oxygen atoms in total. The van der Waals surface area contributed by atoms with Gasteiger partial charge in [-0.1, -0.05) is 26.3 Å². The van der Waals surface area contributed by atoms with Gasteiger partial charge < -0.3 is 15.4 Å². The van der Waals surface area contributed by atoms with Crippen LogP contribution in [-0.4, -0.2) is 39.5 Å². The van der Waals surface area contributed by atoms with Crippen LogP contribution in [0.4, 0.5) is 17.2 Å². The number of nitro benzene ring substituents is 1. The molecular formula is C21H27N5O7. The van der Waals surface area contributed by atoms with Crippen molar-refractivity contribution in [2.45, 2.75) is 46.6 Å². The van der Waals surface area contributed by atoms with Crippen LogP contribution < -0.4 is 21.9 Å². The number of aromatic amines is 1. The number of carbonyl (C=O) groups is 2. The second kappa shape index (κ2) is 11.1. The molecule has 1 aromatic heterocycles. The smallest absolute Gasteiger partial charge is 0.338 e. The van der Waals surface area contributed by atoms with Gasteiger partial charge in [0.15, 0.2) is 12.3 Å². The van der Waals surface area contributed by atoms with E-state index in [0.717, 1.165) is 11.0 Å². The fraction of sp³-hybridized carbons (Fsp3) is 0.429. The number of esters is 1. The molecule has 0 spiro atoms. The minimum Gasteiger partial charge on any atom is -0.452 e. The SMILES string of the molecule is CCCCN(C(=O)COC(=O)c1ccc(C)c([N+](=O)[O-])c1)c1c(N)n(CCC)c(=O)[nH]c1=O. The Balaban J connectivity index is 2.31. The zero-order chi connectivity index (χ0) is 24.7. The number of anilines is 2. The maximum Gasteiger partial charge on any atom is 0.338 e. The molecule has 0 atom stereocenters. The van der Waals surface area contributed by atoms with E-state index in [1.807, 2.05) is 13.8 Å². The maximum absolute atomic E-state index is 12.9. The van der Waals surface area contributed by atoms with Gasteiger partial charge in [-0.2, -0.15) is 0 Å². The third kappa shape index (κ3) is 5.84. The lowest BCUT2D eigenvalue weighted by Gasteiger charge is -2.24. The van der Waals surface area contributed by atoms with E-state index in [1.54, 1.807) is 0 Å². The number of hydrogen-bond acceptors (Lipinski definition) is 8. The number of rotatable bonds is 10. The van der Waals surface area contributed by atoms with E-state index in [2.05, 4.69) is 4.98 Å².